The lowest BCUT2D eigenvalue weighted by Crippen LogP contribution is -2.29. The van der Waals surface area contributed by atoms with E-state index in [4.69, 9.17) is 17.3 Å². The first-order chi connectivity index (χ1) is 6.97. The van der Waals surface area contributed by atoms with E-state index >= 15 is 0 Å². The van der Waals surface area contributed by atoms with Gasteiger partial charge >= 0.3 is 0 Å². The highest BCUT2D eigenvalue weighted by atomic mass is 79.9. The van der Waals surface area contributed by atoms with E-state index < -0.39 is 10.0 Å². The molecular formula is C8H10BrClN2O2S. The molecule has 0 aromatic heterocycles. The molecule has 4 nitrogen and oxygen atoms in total. The number of sulfonamides is 1. The summed E-state index contributed by atoms with van der Waals surface area (Å²) in [6.07, 6.45) is 0. The molecule has 84 valence electrons. The minimum atomic E-state index is -3.55. The molecule has 0 aliphatic heterocycles. The third-order valence-corrected chi connectivity index (χ3v) is 4.06. The summed E-state index contributed by atoms with van der Waals surface area (Å²) >= 11 is 9.01. The van der Waals surface area contributed by atoms with E-state index in [0.29, 0.717) is 0 Å². The van der Waals surface area contributed by atoms with Gasteiger partial charge in [-0.25, -0.2) is 13.1 Å². The molecule has 0 atom stereocenters. The van der Waals surface area contributed by atoms with Crippen LogP contribution >= 0.6 is 27.5 Å². The number of halogens is 2. The second-order valence-electron chi connectivity index (χ2n) is 2.76. The highest BCUT2D eigenvalue weighted by Crippen LogP contribution is 2.24. The molecule has 0 unspecified atom stereocenters. The minimum Gasteiger partial charge on any atom is -0.329 e. The third-order valence-electron chi connectivity index (χ3n) is 1.62. The van der Waals surface area contributed by atoms with Crippen LogP contribution < -0.4 is 10.5 Å². The van der Waals surface area contributed by atoms with E-state index in [1.165, 1.54) is 12.1 Å². The predicted octanol–water partition coefficient (Wildman–Crippen LogP) is 1.34. The standard InChI is InChI=1S/C8H10BrClN2O2S/c9-6-1-2-8(7(10)5-6)15(13,14)12-4-3-11/h1-2,5,12H,3-4,11H2. The Morgan fingerprint density at radius 1 is 1.47 bits per heavy atom. The highest BCUT2D eigenvalue weighted by molar-refractivity contribution is 9.10. The first-order valence-corrected chi connectivity index (χ1v) is 6.77. The van der Waals surface area contributed by atoms with Crippen molar-refractivity contribution in [2.75, 3.05) is 13.1 Å². The van der Waals surface area contributed by atoms with E-state index in [9.17, 15) is 8.42 Å². The summed E-state index contributed by atoms with van der Waals surface area (Å²) in [6.45, 7) is 0.433. The van der Waals surface area contributed by atoms with E-state index in [1.807, 2.05) is 0 Å². The Morgan fingerprint density at radius 2 is 2.13 bits per heavy atom. The fourth-order valence-electron chi connectivity index (χ4n) is 0.964. The average Bonchev–Trinajstić information content (AvgIpc) is 2.14. The minimum absolute atomic E-state index is 0.0563. The molecule has 0 radical (unpaired) electrons. The fraction of sp³-hybridized carbons (Fsp3) is 0.250. The Bertz CT molecular complexity index is 450. The number of nitrogens with two attached hydrogens (primary N) is 1. The van der Waals surface area contributed by atoms with Crippen LogP contribution in [-0.4, -0.2) is 21.5 Å². The summed E-state index contributed by atoms with van der Waals surface area (Å²) in [5.74, 6) is 0. The van der Waals surface area contributed by atoms with Crippen LogP contribution in [0.25, 0.3) is 0 Å². The summed E-state index contributed by atoms with van der Waals surface area (Å²) in [7, 11) is -3.55. The zero-order valence-electron chi connectivity index (χ0n) is 7.70. The van der Waals surface area contributed by atoms with Crippen molar-refractivity contribution in [2.45, 2.75) is 4.90 Å². The van der Waals surface area contributed by atoms with Crippen molar-refractivity contribution < 1.29 is 8.42 Å². The van der Waals surface area contributed by atoms with Gasteiger partial charge in [0.05, 0.1) is 5.02 Å². The van der Waals surface area contributed by atoms with Gasteiger partial charge in [-0.15, -0.1) is 0 Å². The SMILES string of the molecule is NCCNS(=O)(=O)c1ccc(Br)cc1Cl. The molecule has 0 aliphatic carbocycles. The van der Waals surface area contributed by atoms with Crippen LogP contribution in [-0.2, 0) is 10.0 Å². The summed E-state index contributed by atoms with van der Waals surface area (Å²) in [6, 6.07) is 4.58. The number of hydrogen-bond acceptors (Lipinski definition) is 3. The van der Waals surface area contributed by atoms with Crippen molar-refractivity contribution >= 4 is 37.6 Å². The number of nitrogens with one attached hydrogen (secondary N) is 1. The van der Waals surface area contributed by atoms with Gasteiger partial charge in [-0.3, -0.25) is 0 Å². The van der Waals surface area contributed by atoms with Gasteiger partial charge in [0.15, 0.2) is 0 Å². The van der Waals surface area contributed by atoms with Crippen molar-refractivity contribution in [1.29, 1.82) is 0 Å². The molecule has 0 saturated heterocycles. The molecule has 1 rings (SSSR count). The van der Waals surface area contributed by atoms with Crippen LogP contribution in [0.4, 0.5) is 0 Å². The lowest BCUT2D eigenvalue weighted by Gasteiger charge is -2.07. The topological polar surface area (TPSA) is 72.2 Å². The van der Waals surface area contributed by atoms with Crippen molar-refractivity contribution in [3.8, 4) is 0 Å². The zero-order chi connectivity index (χ0) is 11.5. The molecule has 1 aromatic carbocycles. The van der Waals surface area contributed by atoms with Crippen LogP contribution in [0.15, 0.2) is 27.6 Å². The molecule has 0 fully saturated rings. The lowest BCUT2D eigenvalue weighted by atomic mass is 10.4. The van der Waals surface area contributed by atoms with Crippen LogP contribution in [0, 0.1) is 0 Å². The molecule has 15 heavy (non-hydrogen) atoms. The smallest absolute Gasteiger partial charge is 0.242 e. The van der Waals surface area contributed by atoms with Crippen molar-refractivity contribution in [1.82, 2.24) is 4.72 Å². The van der Waals surface area contributed by atoms with Crippen molar-refractivity contribution in [3.63, 3.8) is 0 Å². The van der Waals surface area contributed by atoms with E-state index in [0.717, 1.165) is 4.47 Å². The Balaban J connectivity index is 3.05. The van der Waals surface area contributed by atoms with E-state index in [1.54, 1.807) is 6.07 Å². The lowest BCUT2D eigenvalue weighted by molar-refractivity contribution is 0.582. The molecule has 0 amide bonds. The Morgan fingerprint density at radius 3 is 2.67 bits per heavy atom. The van der Waals surface area contributed by atoms with Crippen LogP contribution in [0.1, 0.15) is 0 Å². The Labute approximate surface area is 102 Å². The summed E-state index contributed by atoms with van der Waals surface area (Å²) in [5.41, 5.74) is 5.21. The van der Waals surface area contributed by atoms with Gasteiger partial charge in [0.25, 0.3) is 0 Å². The average molecular weight is 314 g/mol. The maximum Gasteiger partial charge on any atom is 0.242 e. The van der Waals surface area contributed by atoms with Crippen LogP contribution in [0.5, 0.6) is 0 Å². The Kier molecular flexibility index (Phi) is 4.54. The summed E-state index contributed by atoms with van der Waals surface area (Å²) in [4.78, 5) is 0.0563. The quantitative estimate of drug-likeness (QED) is 0.881. The van der Waals surface area contributed by atoms with Gasteiger partial charge in [-0.05, 0) is 18.2 Å². The molecule has 0 saturated carbocycles. The van der Waals surface area contributed by atoms with Gasteiger partial charge in [-0.2, -0.15) is 0 Å². The van der Waals surface area contributed by atoms with Crippen LogP contribution in [0.3, 0.4) is 0 Å². The van der Waals surface area contributed by atoms with Gasteiger partial charge in [0, 0.05) is 17.6 Å². The molecule has 0 bridgehead atoms. The van der Waals surface area contributed by atoms with E-state index in [-0.39, 0.29) is 23.0 Å². The maximum atomic E-state index is 11.7. The largest absolute Gasteiger partial charge is 0.329 e. The van der Waals surface area contributed by atoms with Gasteiger partial charge < -0.3 is 5.73 Å². The number of rotatable bonds is 4. The van der Waals surface area contributed by atoms with Gasteiger partial charge in [0.2, 0.25) is 10.0 Å². The predicted molar refractivity (Wildman–Crippen MR) is 63.4 cm³/mol. The van der Waals surface area contributed by atoms with Crippen molar-refractivity contribution in [2.24, 2.45) is 5.73 Å². The maximum absolute atomic E-state index is 11.7. The second kappa shape index (κ2) is 5.27. The zero-order valence-corrected chi connectivity index (χ0v) is 10.9. The monoisotopic (exact) mass is 312 g/mol. The fourth-order valence-corrected chi connectivity index (χ4v) is 3.05. The third kappa shape index (κ3) is 3.42. The molecular weight excluding hydrogens is 304 g/mol. The molecule has 0 aliphatic rings. The van der Waals surface area contributed by atoms with Gasteiger partial charge in [-0.1, -0.05) is 27.5 Å². The van der Waals surface area contributed by atoms with E-state index in [2.05, 4.69) is 20.7 Å². The Hall–Kier alpha value is -0.140. The van der Waals surface area contributed by atoms with Gasteiger partial charge in [0.1, 0.15) is 4.90 Å². The normalized spacial score (nSPS) is 11.7. The first-order valence-electron chi connectivity index (χ1n) is 4.12. The number of benzene rings is 1. The first kappa shape index (κ1) is 12.9. The summed E-state index contributed by atoms with van der Waals surface area (Å²) < 4.78 is 26.4. The second-order valence-corrected chi connectivity index (χ2v) is 5.82. The molecule has 3 N–H and O–H groups in total. The molecule has 0 heterocycles. The van der Waals surface area contributed by atoms with Crippen molar-refractivity contribution in [3.05, 3.63) is 27.7 Å². The number of hydrogen-bond donors (Lipinski definition) is 2. The molecule has 0 spiro atoms. The molecule has 7 heteroatoms. The molecule has 1 aromatic rings. The summed E-state index contributed by atoms with van der Waals surface area (Å²) in [5, 5.41) is 0.175. The van der Waals surface area contributed by atoms with Crippen LogP contribution in [0.2, 0.25) is 5.02 Å². The highest BCUT2D eigenvalue weighted by Gasteiger charge is 2.16.